The van der Waals surface area contributed by atoms with Gasteiger partial charge in [-0.15, -0.1) is 0 Å². The van der Waals surface area contributed by atoms with E-state index in [-0.39, 0.29) is 16.3 Å². The molecule has 0 saturated carbocycles. The molecule has 0 spiro atoms. The number of nitrogens with zero attached hydrogens (tertiary/aromatic N) is 2. The van der Waals surface area contributed by atoms with E-state index in [9.17, 15) is 18.0 Å². The van der Waals surface area contributed by atoms with Crippen LogP contribution in [0.3, 0.4) is 0 Å². The zero-order valence-electron chi connectivity index (χ0n) is 12.3. The van der Waals surface area contributed by atoms with E-state index < -0.39 is 17.7 Å². The molecule has 0 aliphatic rings. The number of benzene rings is 2. The molecule has 0 bridgehead atoms. The minimum Gasteiger partial charge on any atom is -0.465 e. The Morgan fingerprint density at radius 3 is 2.62 bits per heavy atom. The first-order valence-electron chi connectivity index (χ1n) is 6.74. The van der Waals surface area contributed by atoms with Gasteiger partial charge in [0.1, 0.15) is 6.33 Å². The van der Waals surface area contributed by atoms with E-state index in [1.807, 2.05) is 0 Å². The average Bonchev–Trinajstić information content (AvgIpc) is 2.96. The van der Waals surface area contributed by atoms with Crippen molar-refractivity contribution in [2.75, 3.05) is 7.11 Å². The average molecular weight is 355 g/mol. The van der Waals surface area contributed by atoms with Crippen LogP contribution in [0.2, 0.25) is 5.02 Å². The number of hydrogen-bond donors (Lipinski definition) is 0. The Hall–Kier alpha value is -2.54. The number of carbonyl (C=O) groups excluding carboxylic acids is 1. The Bertz CT molecular complexity index is 935. The van der Waals surface area contributed by atoms with Crippen LogP contribution in [0.1, 0.15) is 15.9 Å². The summed E-state index contributed by atoms with van der Waals surface area (Å²) in [6.45, 7) is 0. The van der Waals surface area contributed by atoms with E-state index in [1.165, 1.54) is 10.9 Å². The van der Waals surface area contributed by atoms with Gasteiger partial charge in [0.25, 0.3) is 0 Å². The molecule has 1 heterocycles. The van der Waals surface area contributed by atoms with E-state index in [2.05, 4.69) is 9.72 Å². The Balaban J connectivity index is 2.31. The molecule has 3 aromatic rings. The maximum Gasteiger partial charge on any atom is 0.418 e. The van der Waals surface area contributed by atoms with E-state index in [1.54, 1.807) is 24.3 Å². The lowest BCUT2D eigenvalue weighted by Gasteiger charge is -2.16. The first kappa shape index (κ1) is 16.3. The second-order valence-electron chi connectivity index (χ2n) is 4.94. The summed E-state index contributed by atoms with van der Waals surface area (Å²) < 4.78 is 46.2. The van der Waals surface area contributed by atoms with Crippen molar-refractivity contribution < 1.29 is 22.7 Å². The summed E-state index contributed by atoms with van der Waals surface area (Å²) in [4.78, 5) is 15.7. The predicted octanol–water partition coefficient (Wildman–Crippen LogP) is 4.48. The fraction of sp³-hybridized carbons (Fsp3) is 0.125. The number of ether oxygens (including phenoxy) is 1. The molecule has 1 aromatic heterocycles. The smallest absolute Gasteiger partial charge is 0.418 e. The van der Waals surface area contributed by atoms with Crippen LogP contribution in [0.4, 0.5) is 13.2 Å². The summed E-state index contributed by atoms with van der Waals surface area (Å²) in [6.07, 6.45) is -3.41. The maximum absolute atomic E-state index is 13.5. The molecule has 0 aliphatic heterocycles. The molecule has 0 atom stereocenters. The van der Waals surface area contributed by atoms with Crippen molar-refractivity contribution in [1.29, 1.82) is 0 Å². The van der Waals surface area contributed by atoms with Crippen LogP contribution in [0, 0.1) is 0 Å². The van der Waals surface area contributed by atoms with Crippen molar-refractivity contribution in [3.05, 3.63) is 58.9 Å². The second kappa shape index (κ2) is 5.83. The summed E-state index contributed by atoms with van der Waals surface area (Å²) in [5, 5.41) is -0.136. The van der Waals surface area contributed by atoms with E-state index >= 15 is 0 Å². The van der Waals surface area contributed by atoms with Crippen LogP contribution in [-0.4, -0.2) is 22.6 Å². The number of para-hydroxylation sites is 2. The van der Waals surface area contributed by atoms with Gasteiger partial charge in [-0.25, -0.2) is 9.78 Å². The molecular weight excluding hydrogens is 345 g/mol. The van der Waals surface area contributed by atoms with Crippen molar-refractivity contribution in [3.8, 4) is 5.69 Å². The summed E-state index contributed by atoms with van der Waals surface area (Å²) in [6, 6.07) is 8.53. The minimum atomic E-state index is -4.69. The molecule has 3 rings (SSSR count). The fourth-order valence-electron chi connectivity index (χ4n) is 2.41. The fourth-order valence-corrected chi connectivity index (χ4v) is 2.64. The van der Waals surface area contributed by atoms with E-state index in [0.717, 1.165) is 13.2 Å². The normalized spacial score (nSPS) is 11.7. The number of methoxy groups -OCH3 is 1. The van der Waals surface area contributed by atoms with Gasteiger partial charge < -0.3 is 4.74 Å². The molecule has 4 nitrogen and oxygen atoms in total. The van der Waals surface area contributed by atoms with Gasteiger partial charge in [0, 0.05) is 0 Å². The number of fused-ring (bicyclic) bond motifs is 1. The lowest BCUT2D eigenvalue weighted by Crippen LogP contribution is -2.13. The first-order chi connectivity index (χ1) is 11.3. The topological polar surface area (TPSA) is 44.1 Å². The number of imidazole rings is 1. The van der Waals surface area contributed by atoms with Crippen molar-refractivity contribution in [3.63, 3.8) is 0 Å². The highest BCUT2D eigenvalue weighted by atomic mass is 35.5. The third-order valence-corrected chi connectivity index (χ3v) is 3.82. The van der Waals surface area contributed by atoms with E-state index in [4.69, 9.17) is 11.6 Å². The molecule has 2 aromatic carbocycles. The summed E-state index contributed by atoms with van der Waals surface area (Å²) in [7, 11) is 1.07. The highest BCUT2D eigenvalue weighted by Gasteiger charge is 2.36. The molecular formula is C16H10ClF3N2O2. The Kier molecular flexibility index (Phi) is 3.96. The number of alkyl halides is 3. The molecule has 0 aliphatic carbocycles. The highest BCUT2D eigenvalue weighted by molar-refractivity contribution is 6.33. The van der Waals surface area contributed by atoms with Crippen molar-refractivity contribution >= 4 is 28.6 Å². The zero-order chi connectivity index (χ0) is 17.5. The van der Waals surface area contributed by atoms with Gasteiger partial charge in [-0.2, -0.15) is 13.2 Å². The summed E-state index contributed by atoms with van der Waals surface area (Å²) in [5.74, 6) is -0.937. The molecule has 0 saturated heterocycles. The van der Waals surface area contributed by atoms with Crippen LogP contribution in [0.5, 0.6) is 0 Å². The van der Waals surface area contributed by atoms with Gasteiger partial charge >= 0.3 is 12.1 Å². The number of esters is 1. The van der Waals surface area contributed by atoms with Crippen LogP contribution in [-0.2, 0) is 10.9 Å². The molecule has 0 N–H and O–H groups in total. The Morgan fingerprint density at radius 1 is 1.25 bits per heavy atom. The molecule has 0 fully saturated rings. The standard InChI is InChI=1S/C16H10ClF3N2O2/c1-24-15(23)9-6-10(16(18,19)20)14(7-11(9)17)22-8-21-12-4-2-3-5-13(12)22/h2-8H,1H3. The number of halogens is 4. The van der Waals surface area contributed by atoms with Crippen LogP contribution >= 0.6 is 11.6 Å². The second-order valence-corrected chi connectivity index (χ2v) is 5.35. The van der Waals surface area contributed by atoms with Crippen molar-refractivity contribution in [2.24, 2.45) is 0 Å². The predicted molar refractivity (Wildman–Crippen MR) is 82.4 cm³/mol. The molecule has 0 amide bonds. The molecule has 124 valence electrons. The SMILES string of the molecule is COC(=O)c1cc(C(F)(F)F)c(-n2cnc3ccccc32)cc1Cl. The molecule has 24 heavy (non-hydrogen) atoms. The Labute approximate surface area is 139 Å². The Morgan fingerprint density at radius 2 is 1.96 bits per heavy atom. The molecule has 0 radical (unpaired) electrons. The number of carbonyl (C=O) groups is 1. The van der Waals surface area contributed by atoms with Gasteiger partial charge in [0.15, 0.2) is 0 Å². The third kappa shape index (κ3) is 2.71. The summed E-state index contributed by atoms with van der Waals surface area (Å²) in [5.41, 5.74) is -0.535. The summed E-state index contributed by atoms with van der Waals surface area (Å²) >= 11 is 5.99. The minimum absolute atomic E-state index is 0.136. The monoisotopic (exact) mass is 354 g/mol. The van der Waals surface area contributed by atoms with E-state index in [0.29, 0.717) is 17.1 Å². The van der Waals surface area contributed by atoms with Gasteiger partial charge in [-0.1, -0.05) is 23.7 Å². The quantitative estimate of drug-likeness (QED) is 0.637. The van der Waals surface area contributed by atoms with Crippen LogP contribution in [0.15, 0.2) is 42.7 Å². The molecule has 0 unspecified atom stereocenters. The van der Waals surface area contributed by atoms with Gasteiger partial charge in [-0.3, -0.25) is 4.57 Å². The van der Waals surface area contributed by atoms with Crippen LogP contribution < -0.4 is 0 Å². The molecule has 8 heteroatoms. The zero-order valence-corrected chi connectivity index (χ0v) is 13.0. The number of hydrogen-bond acceptors (Lipinski definition) is 3. The van der Waals surface area contributed by atoms with Gasteiger partial charge in [-0.05, 0) is 24.3 Å². The van der Waals surface area contributed by atoms with Gasteiger partial charge in [0.05, 0.1) is 40.0 Å². The third-order valence-electron chi connectivity index (χ3n) is 3.51. The van der Waals surface area contributed by atoms with Crippen molar-refractivity contribution in [2.45, 2.75) is 6.18 Å². The number of aromatic nitrogens is 2. The van der Waals surface area contributed by atoms with Crippen molar-refractivity contribution in [1.82, 2.24) is 9.55 Å². The van der Waals surface area contributed by atoms with Gasteiger partial charge in [0.2, 0.25) is 0 Å². The number of rotatable bonds is 2. The lowest BCUT2D eigenvalue weighted by atomic mass is 10.1. The largest absolute Gasteiger partial charge is 0.465 e. The lowest BCUT2D eigenvalue weighted by molar-refractivity contribution is -0.137. The highest BCUT2D eigenvalue weighted by Crippen LogP contribution is 2.38. The van der Waals surface area contributed by atoms with Crippen LogP contribution in [0.25, 0.3) is 16.7 Å². The first-order valence-corrected chi connectivity index (χ1v) is 7.12. The maximum atomic E-state index is 13.5.